The summed E-state index contributed by atoms with van der Waals surface area (Å²) >= 11 is 8.73. The molecule has 0 aliphatic heterocycles. The number of anilines is 1. The van der Waals surface area contributed by atoms with Crippen molar-refractivity contribution in [1.29, 1.82) is 0 Å². The highest BCUT2D eigenvalue weighted by atomic mass is 79.9. The Morgan fingerprint density at radius 3 is 2.65 bits per heavy atom. The maximum atomic E-state index is 13.3. The molecule has 2 N–H and O–H groups in total. The first-order chi connectivity index (χ1) is 9.54. The fraction of sp³-hybridized carbons (Fsp3) is 0.167. The first-order valence-electron chi connectivity index (χ1n) is 5.36. The van der Waals surface area contributed by atoms with E-state index in [1.54, 1.807) is 6.07 Å². The second kappa shape index (κ2) is 8.08. The summed E-state index contributed by atoms with van der Waals surface area (Å²) in [6, 6.07) is 4.40. The van der Waals surface area contributed by atoms with Crippen molar-refractivity contribution in [2.45, 2.75) is 6.54 Å². The number of hydrogen-bond acceptors (Lipinski definition) is 4. The van der Waals surface area contributed by atoms with Crippen molar-refractivity contribution in [2.24, 2.45) is 0 Å². The highest BCUT2D eigenvalue weighted by Crippen LogP contribution is 2.17. The average Bonchev–Trinajstić information content (AvgIpc) is 2.41. The number of rotatable bonds is 3. The number of benzene rings is 1. The molecule has 0 atom stereocenters. The fourth-order valence-corrected chi connectivity index (χ4v) is 2.01. The summed E-state index contributed by atoms with van der Waals surface area (Å²) in [5.74, 6) is -1.01. The van der Waals surface area contributed by atoms with Crippen LogP contribution in [0, 0.1) is 11.6 Å². The normalized spacial score (nSPS) is 9.70. The van der Waals surface area contributed by atoms with Crippen molar-refractivity contribution in [3.05, 3.63) is 51.4 Å². The van der Waals surface area contributed by atoms with Gasteiger partial charge in [-0.15, -0.1) is 0 Å². The molecule has 1 aromatic heterocycles. The van der Waals surface area contributed by atoms with Gasteiger partial charge in [-0.3, -0.25) is 0 Å². The SMILES string of the molecule is CO.Fc1cc(Br)cc(CNc2nc(Cl)ncc2F)c1. The Kier molecular flexibility index (Phi) is 6.77. The molecule has 0 spiro atoms. The number of halogens is 4. The molecule has 2 aromatic rings. The molecule has 0 fully saturated rings. The van der Waals surface area contributed by atoms with Crippen molar-refractivity contribution in [2.75, 3.05) is 12.4 Å². The van der Waals surface area contributed by atoms with Crippen molar-refractivity contribution >= 4 is 33.3 Å². The smallest absolute Gasteiger partial charge is 0.224 e. The van der Waals surface area contributed by atoms with E-state index in [4.69, 9.17) is 16.7 Å². The first-order valence-corrected chi connectivity index (χ1v) is 6.53. The summed E-state index contributed by atoms with van der Waals surface area (Å²) in [6.45, 7) is 0.223. The Labute approximate surface area is 128 Å². The van der Waals surface area contributed by atoms with Crippen LogP contribution in [-0.2, 0) is 6.54 Å². The second-order valence-corrected chi connectivity index (χ2v) is 4.72. The number of hydrogen-bond donors (Lipinski definition) is 2. The molecule has 1 heterocycles. The molecule has 0 amide bonds. The van der Waals surface area contributed by atoms with Crippen molar-refractivity contribution in [1.82, 2.24) is 9.97 Å². The molecule has 20 heavy (non-hydrogen) atoms. The van der Waals surface area contributed by atoms with Gasteiger partial charge in [0.25, 0.3) is 0 Å². The van der Waals surface area contributed by atoms with Crippen LogP contribution < -0.4 is 5.32 Å². The average molecular weight is 367 g/mol. The second-order valence-electron chi connectivity index (χ2n) is 3.47. The van der Waals surface area contributed by atoms with Gasteiger partial charge in [-0.05, 0) is 35.4 Å². The maximum Gasteiger partial charge on any atom is 0.224 e. The van der Waals surface area contributed by atoms with Gasteiger partial charge in [0.2, 0.25) is 5.28 Å². The quantitative estimate of drug-likeness (QED) is 0.818. The number of aliphatic hydroxyl groups is 1. The molecule has 0 aliphatic rings. The fourth-order valence-electron chi connectivity index (χ4n) is 1.37. The van der Waals surface area contributed by atoms with Gasteiger partial charge in [0.1, 0.15) is 5.82 Å². The molecule has 0 saturated heterocycles. The van der Waals surface area contributed by atoms with E-state index in [1.165, 1.54) is 12.1 Å². The Morgan fingerprint density at radius 2 is 2.00 bits per heavy atom. The topological polar surface area (TPSA) is 58.0 Å². The van der Waals surface area contributed by atoms with E-state index in [9.17, 15) is 8.78 Å². The molecule has 0 aliphatic carbocycles. The van der Waals surface area contributed by atoms with E-state index in [0.717, 1.165) is 13.3 Å². The molecule has 2 rings (SSSR count). The number of nitrogens with zero attached hydrogens (tertiary/aromatic N) is 2. The largest absolute Gasteiger partial charge is 0.400 e. The zero-order valence-electron chi connectivity index (χ0n) is 10.4. The monoisotopic (exact) mass is 365 g/mol. The van der Waals surface area contributed by atoms with Crippen LogP contribution in [0.3, 0.4) is 0 Å². The maximum absolute atomic E-state index is 13.3. The van der Waals surface area contributed by atoms with E-state index in [1.807, 2.05) is 0 Å². The van der Waals surface area contributed by atoms with Gasteiger partial charge in [-0.1, -0.05) is 15.9 Å². The summed E-state index contributed by atoms with van der Waals surface area (Å²) in [5, 5.41) is 9.67. The molecular formula is C12H11BrClF2N3O. The predicted molar refractivity (Wildman–Crippen MR) is 76.6 cm³/mol. The van der Waals surface area contributed by atoms with Crippen LogP contribution in [0.4, 0.5) is 14.6 Å². The van der Waals surface area contributed by atoms with Crippen molar-refractivity contribution < 1.29 is 13.9 Å². The summed E-state index contributed by atoms with van der Waals surface area (Å²) in [7, 11) is 1.00. The van der Waals surface area contributed by atoms with E-state index in [2.05, 4.69) is 31.2 Å². The van der Waals surface area contributed by atoms with Crippen LogP contribution >= 0.6 is 27.5 Å². The Bertz CT molecular complexity index is 566. The van der Waals surface area contributed by atoms with E-state index in [0.29, 0.717) is 10.0 Å². The summed E-state index contributed by atoms with van der Waals surface area (Å²) in [4.78, 5) is 7.19. The molecule has 0 radical (unpaired) electrons. The third kappa shape index (κ3) is 4.99. The van der Waals surface area contributed by atoms with Gasteiger partial charge >= 0.3 is 0 Å². The van der Waals surface area contributed by atoms with E-state index >= 15 is 0 Å². The highest BCUT2D eigenvalue weighted by molar-refractivity contribution is 9.10. The molecule has 4 nitrogen and oxygen atoms in total. The molecule has 0 bridgehead atoms. The molecule has 108 valence electrons. The minimum Gasteiger partial charge on any atom is -0.400 e. The Balaban J connectivity index is 0.000000956. The van der Waals surface area contributed by atoms with Gasteiger partial charge in [0, 0.05) is 18.1 Å². The number of nitrogens with one attached hydrogen (secondary N) is 1. The summed E-state index contributed by atoms with van der Waals surface area (Å²) in [5.41, 5.74) is 0.649. The molecule has 8 heteroatoms. The minimum atomic E-state index is -0.616. The molecule has 0 saturated carbocycles. The lowest BCUT2D eigenvalue weighted by Crippen LogP contribution is -2.05. The van der Waals surface area contributed by atoms with Crippen LogP contribution in [-0.4, -0.2) is 22.2 Å². The van der Waals surface area contributed by atoms with Gasteiger partial charge in [0.15, 0.2) is 11.6 Å². The summed E-state index contributed by atoms with van der Waals surface area (Å²) in [6.07, 6.45) is 0.971. The standard InChI is InChI=1S/C11H7BrClF2N3.CH4O/c12-7-1-6(2-8(14)3-7)4-16-10-9(15)5-17-11(13)18-10;1-2/h1-3,5H,4H2,(H,16,17,18);2H,1H3. The third-order valence-electron chi connectivity index (χ3n) is 2.10. The minimum absolute atomic E-state index is 0.0182. The van der Waals surface area contributed by atoms with Crippen LogP contribution in [0.15, 0.2) is 28.9 Å². The first kappa shape index (κ1) is 16.7. The number of aliphatic hydroxyl groups excluding tert-OH is 1. The third-order valence-corrected chi connectivity index (χ3v) is 2.74. The van der Waals surface area contributed by atoms with E-state index < -0.39 is 5.82 Å². The molecular weight excluding hydrogens is 356 g/mol. The van der Waals surface area contributed by atoms with Gasteiger partial charge in [0.05, 0.1) is 6.20 Å². The Morgan fingerprint density at radius 1 is 1.30 bits per heavy atom. The van der Waals surface area contributed by atoms with Gasteiger partial charge < -0.3 is 10.4 Å². The predicted octanol–water partition coefficient (Wildman–Crippen LogP) is 3.39. The van der Waals surface area contributed by atoms with Gasteiger partial charge in [-0.25, -0.2) is 13.8 Å². The lowest BCUT2D eigenvalue weighted by Gasteiger charge is -2.07. The van der Waals surface area contributed by atoms with Crippen LogP contribution in [0.25, 0.3) is 0 Å². The van der Waals surface area contributed by atoms with Crippen LogP contribution in [0.1, 0.15) is 5.56 Å². The Hall–Kier alpha value is -1.31. The summed E-state index contributed by atoms with van der Waals surface area (Å²) < 4.78 is 27.0. The van der Waals surface area contributed by atoms with Gasteiger partial charge in [-0.2, -0.15) is 4.98 Å². The number of aromatic nitrogens is 2. The van der Waals surface area contributed by atoms with E-state index in [-0.39, 0.29) is 23.5 Å². The van der Waals surface area contributed by atoms with Crippen molar-refractivity contribution in [3.63, 3.8) is 0 Å². The highest BCUT2D eigenvalue weighted by Gasteiger charge is 2.06. The lowest BCUT2D eigenvalue weighted by atomic mass is 10.2. The zero-order valence-corrected chi connectivity index (χ0v) is 12.7. The van der Waals surface area contributed by atoms with Crippen LogP contribution in [0.2, 0.25) is 5.28 Å². The molecule has 0 unspecified atom stereocenters. The zero-order chi connectivity index (χ0) is 15.1. The van der Waals surface area contributed by atoms with Crippen LogP contribution in [0.5, 0.6) is 0 Å². The lowest BCUT2D eigenvalue weighted by molar-refractivity contribution is 0.399. The van der Waals surface area contributed by atoms with Crippen molar-refractivity contribution in [3.8, 4) is 0 Å². The molecule has 1 aromatic carbocycles.